The molecule has 178 valence electrons. The summed E-state index contributed by atoms with van der Waals surface area (Å²) in [7, 11) is 0. The third kappa shape index (κ3) is 6.56. The number of hydrogen-bond acceptors (Lipinski definition) is 5. The van der Waals surface area contributed by atoms with Gasteiger partial charge in [-0.15, -0.1) is 0 Å². The fourth-order valence-electron chi connectivity index (χ4n) is 4.03. The van der Waals surface area contributed by atoms with Gasteiger partial charge in [-0.3, -0.25) is 14.5 Å². The summed E-state index contributed by atoms with van der Waals surface area (Å²) in [5.74, 6) is 0.0702. The Bertz CT molecular complexity index is 1070. The van der Waals surface area contributed by atoms with E-state index in [1.54, 1.807) is 17.0 Å². The topological polar surface area (TPSA) is 75.0 Å². The molecule has 0 spiro atoms. The van der Waals surface area contributed by atoms with E-state index in [1.807, 2.05) is 49.4 Å². The number of carbonyl (C=O) groups excluding carboxylic acids is 2. The molecule has 1 aromatic heterocycles. The maximum Gasteiger partial charge on any atom is 0.294 e. The molecule has 7 nitrogen and oxygen atoms in total. The van der Waals surface area contributed by atoms with Gasteiger partial charge in [0, 0.05) is 31.9 Å². The van der Waals surface area contributed by atoms with Gasteiger partial charge in [-0.05, 0) is 42.3 Å². The number of carbonyl (C=O) groups is 2. The number of hydrogen-bond donors (Lipinski definition) is 1. The number of ether oxygens (including phenoxy) is 1. The molecule has 0 atom stereocenters. The van der Waals surface area contributed by atoms with Crippen LogP contribution in [-0.4, -0.2) is 56.1 Å². The summed E-state index contributed by atoms with van der Waals surface area (Å²) in [4.78, 5) is 29.5. The molecule has 0 aliphatic carbocycles. The summed E-state index contributed by atoms with van der Waals surface area (Å²) < 4.78 is 10.7. The van der Waals surface area contributed by atoms with Gasteiger partial charge < -0.3 is 19.4 Å². The van der Waals surface area contributed by atoms with Gasteiger partial charge in [-0.1, -0.05) is 42.0 Å². The molecule has 2 amide bonds. The van der Waals surface area contributed by atoms with Crippen molar-refractivity contribution in [1.29, 1.82) is 0 Å². The first kappa shape index (κ1) is 23.7. The third-order valence-electron chi connectivity index (χ3n) is 5.87. The van der Waals surface area contributed by atoms with Gasteiger partial charge >= 0.3 is 0 Å². The van der Waals surface area contributed by atoms with Gasteiger partial charge in [0.15, 0.2) is 5.76 Å². The smallest absolute Gasteiger partial charge is 0.294 e. The molecule has 1 saturated heterocycles. The van der Waals surface area contributed by atoms with E-state index in [9.17, 15) is 9.59 Å². The Balaban J connectivity index is 1.39. The summed E-state index contributed by atoms with van der Waals surface area (Å²) in [6.45, 7) is 7.23. The minimum atomic E-state index is -0.208. The summed E-state index contributed by atoms with van der Waals surface area (Å²) in [5, 5.41) is 2.99. The van der Waals surface area contributed by atoms with Gasteiger partial charge in [0.2, 0.25) is 5.91 Å². The predicted molar refractivity (Wildman–Crippen MR) is 131 cm³/mol. The lowest BCUT2D eigenvalue weighted by Gasteiger charge is -2.26. The summed E-state index contributed by atoms with van der Waals surface area (Å²) in [6.07, 6.45) is 1.80. The number of morpholine rings is 1. The predicted octanol–water partition coefficient (Wildman–Crippen LogP) is 3.43. The molecule has 0 saturated carbocycles. The summed E-state index contributed by atoms with van der Waals surface area (Å²) >= 11 is 0. The maximum atomic E-state index is 13.2. The Morgan fingerprint density at radius 2 is 1.79 bits per heavy atom. The van der Waals surface area contributed by atoms with Crippen molar-refractivity contribution in [1.82, 2.24) is 10.2 Å². The molecule has 1 N–H and O–H groups in total. The SMILES string of the molecule is Cc1cccc(CN(C(=O)c2ccco2)c2ccc(CC(=O)NCCN3CCOCC3)cc2)c1. The van der Waals surface area contributed by atoms with Gasteiger partial charge in [0.25, 0.3) is 5.91 Å². The van der Waals surface area contributed by atoms with E-state index in [4.69, 9.17) is 9.15 Å². The van der Waals surface area contributed by atoms with Crippen molar-refractivity contribution in [3.8, 4) is 0 Å². The van der Waals surface area contributed by atoms with Gasteiger partial charge in [-0.2, -0.15) is 0 Å². The van der Waals surface area contributed by atoms with Gasteiger partial charge in [0.05, 0.1) is 32.4 Å². The fraction of sp³-hybridized carbons (Fsp3) is 0.333. The third-order valence-corrected chi connectivity index (χ3v) is 5.87. The lowest BCUT2D eigenvalue weighted by molar-refractivity contribution is -0.120. The van der Waals surface area contributed by atoms with Crippen molar-refractivity contribution in [2.75, 3.05) is 44.3 Å². The summed E-state index contributed by atoms with van der Waals surface area (Å²) in [6, 6.07) is 19.0. The first-order valence-electron chi connectivity index (χ1n) is 11.6. The molecule has 7 heteroatoms. The highest BCUT2D eigenvalue weighted by molar-refractivity contribution is 6.04. The van der Waals surface area contributed by atoms with Crippen LogP contribution in [0, 0.1) is 6.92 Å². The van der Waals surface area contributed by atoms with E-state index >= 15 is 0 Å². The normalized spacial score (nSPS) is 14.0. The maximum absolute atomic E-state index is 13.2. The molecule has 2 heterocycles. The van der Waals surface area contributed by atoms with Crippen LogP contribution in [-0.2, 0) is 22.5 Å². The van der Waals surface area contributed by atoms with E-state index in [0.29, 0.717) is 19.5 Å². The first-order chi connectivity index (χ1) is 16.6. The van der Waals surface area contributed by atoms with Crippen molar-refractivity contribution < 1.29 is 18.7 Å². The van der Waals surface area contributed by atoms with Gasteiger partial charge in [0.1, 0.15) is 0 Å². The Morgan fingerprint density at radius 1 is 1.00 bits per heavy atom. The van der Waals surface area contributed by atoms with E-state index in [2.05, 4.69) is 16.3 Å². The average molecular weight is 462 g/mol. The van der Waals surface area contributed by atoms with E-state index < -0.39 is 0 Å². The number of aryl methyl sites for hydroxylation is 1. The molecule has 1 aliphatic heterocycles. The minimum Gasteiger partial charge on any atom is -0.459 e. The fourth-order valence-corrected chi connectivity index (χ4v) is 4.03. The lowest BCUT2D eigenvalue weighted by Crippen LogP contribution is -2.41. The van der Waals surface area contributed by atoms with Crippen LogP contribution in [0.3, 0.4) is 0 Å². The van der Waals surface area contributed by atoms with Crippen molar-refractivity contribution in [3.63, 3.8) is 0 Å². The first-order valence-corrected chi connectivity index (χ1v) is 11.6. The molecule has 4 rings (SSSR count). The molecule has 2 aromatic carbocycles. The number of furan rings is 1. The molecule has 0 unspecified atom stereocenters. The van der Waals surface area contributed by atoms with Crippen LogP contribution in [0.4, 0.5) is 5.69 Å². The van der Waals surface area contributed by atoms with Crippen molar-refractivity contribution in [2.45, 2.75) is 19.9 Å². The van der Waals surface area contributed by atoms with Crippen molar-refractivity contribution in [2.24, 2.45) is 0 Å². The molecular formula is C27H31N3O4. The van der Waals surface area contributed by atoms with Crippen LogP contribution in [0.5, 0.6) is 0 Å². The van der Waals surface area contributed by atoms with Gasteiger partial charge in [-0.25, -0.2) is 0 Å². The number of nitrogens with one attached hydrogen (secondary N) is 1. The van der Waals surface area contributed by atoms with Crippen LogP contribution in [0.15, 0.2) is 71.3 Å². The lowest BCUT2D eigenvalue weighted by atomic mass is 10.1. The number of nitrogens with zero attached hydrogens (tertiary/aromatic N) is 2. The Hall–Kier alpha value is -3.42. The van der Waals surface area contributed by atoms with Crippen molar-refractivity contribution >= 4 is 17.5 Å². The largest absolute Gasteiger partial charge is 0.459 e. The number of amides is 2. The second-order valence-corrected chi connectivity index (χ2v) is 8.50. The molecule has 34 heavy (non-hydrogen) atoms. The summed E-state index contributed by atoms with van der Waals surface area (Å²) in [5.41, 5.74) is 3.81. The van der Waals surface area contributed by atoms with Crippen molar-refractivity contribution in [3.05, 3.63) is 89.4 Å². The average Bonchev–Trinajstić information content (AvgIpc) is 3.39. The molecule has 1 aliphatic rings. The zero-order chi connectivity index (χ0) is 23.8. The van der Waals surface area contributed by atoms with Crippen LogP contribution in [0.2, 0.25) is 0 Å². The van der Waals surface area contributed by atoms with Crippen LogP contribution >= 0.6 is 0 Å². The van der Waals surface area contributed by atoms with E-state index in [-0.39, 0.29) is 17.6 Å². The standard InChI is InChI=1S/C27H31N3O4/c1-21-4-2-5-23(18-21)20-30(27(32)25-6-3-15-34-25)24-9-7-22(8-10-24)19-26(31)28-11-12-29-13-16-33-17-14-29/h2-10,15,18H,11-14,16-17,19-20H2,1H3,(H,28,31). The zero-order valence-corrected chi connectivity index (χ0v) is 19.5. The highest BCUT2D eigenvalue weighted by atomic mass is 16.5. The molecule has 3 aromatic rings. The monoisotopic (exact) mass is 461 g/mol. The van der Waals surface area contributed by atoms with Crippen LogP contribution in [0.1, 0.15) is 27.2 Å². The van der Waals surface area contributed by atoms with E-state index in [0.717, 1.165) is 55.2 Å². The molecular weight excluding hydrogens is 430 g/mol. The Labute approximate surface area is 200 Å². The van der Waals surface area contributed by atoms with Crippen LogP contribution in [0.25, 0.3) is 0 Å². The van der Waals surface area contributed by atoms with E-state index in [1.165, 1.54) is 6.26 Å². The highest BCUT2D eigenvalue weighted by Gasteiger charge is 2.21. The zero-order valence-electron chi connectivity index (χ0n) is 19.5. The molecule has 1 fully saturated rings. The Morgan fingerprint density at radius 3 is 2.50 bits per heavy atom. The highest BCUT2D eigenvalue weighted by Crippen LogP contribution is 2.22. The molecule has 0 radical (unpaired) electrons. The number of rotatable bonds is 9. The second-order valence-electron chi connectivity index (χ2n) is 8.50. The van der Waals surface area contributed by atoms with Crippen LogP contribution < -0.4 is 10.2 Å². The molecule has 0 bridgehead atoms. The second kappa shape index (κ2) is 11.6. The minimum absolute atomic E-state index is 0.00992. The quantitative estimate of drug-likeness (QED) is 0.529. The number of anilines is 1. The Kier molecular flexibility index (Phi) is 8.12. The number of benzene rings is 2.